The number of rotatable bonds is 23. The second kappa shape index (κ2) is 20.2. The van der Waals surface area contributed by atoms with Gasteiger partial charge in [0.1, 0.15) is 11.5 Å². The highest BCUT2D eigenvalue weighted by Gasteiger charge is 2.23. The van der Waals surface area contributed by atoms with Gasteiger partial charge in [0, 0.05) is 36.1 Å². The van der Waals surface area contributed by atoms with E-state index in [9.17, 15) is 9.59 Å². The SMILES string of the molecule is CCCCCOc1ccc(C(=O)[C@@H](CCCC[C@@H](CN(C)C)C(=O)c2ccc(OCCCCC)cc2)CN(C)C)cc1. The molecular weight excluding hydrogens is 524 g/mol. The van der Waals surface area contributed by atoms with Gasteiger partial charge in [0.2, 0.25) is 0 Å². The van der Waals surface area contributed by atoms with Crippen molar-refractivity contribution in [2.75, 3.05) is 54.5 Å². The molecule has 0 unspecified atom stereocenters. The van der Waals surface area contributed by atoms with Gasteiger partial charge in [-0.15, -0.1) is 0 Å². The Morgan fingerprint density at radius 2 is 0.929 bits per heavy atom. The van der Waals surface area contributed by atoms with Crippen LogP contribution in [0, 0.1) is 11.8 Å². The van der Waals surface area contributed by atoms with E-state index in [4.69, 9.17) is 9.47 Å². The molecule has 0 aromatic heterocycles. The van der Waals surface area contributed by atoms with Gasteiger partial charge in [0.05, 0.1) is 13.2 Å². The summed E-state index contributed by atoms with van der Waals surface area (Å²) in [6, 6.07) is 15.2. The van der Waals surface area contributed by atoms with Crippen molar-refractivity contribution >= 4 is 11.6 Å². The highest BCUT2D eigenvalue weighted by molar-refractivity contribution is 5.98. The highest BCUT2D eigenvalue weighted by Crippen LogP contribution is 2.23. The first kappa shape index (κ1) is 35.5. The van der Waals surface area contributed by atoms with Gasteiger partial charge in [-0.25, -0.2) is 0 Å². The summed E-state index contributed by atoms with van der Waals surface area (Å²) in [5, 5.41) is 0. The van der Waals surface area contributed by atoms with Crippen LogP contribution >= 0.6 is 0 Å². The van der Waals surface area contributed by atoms with E-state index < -0.39 is 0 Å². The van der Waals surface area contributed by atoms with Gasteiger partial charge in [-0.1, -0.05) is 52.4 Å². The minimum absolute atomic E-state index is 0.0795. The van der Waals surface area contributed by atoms with E-state index in [1.807, 2.05) is 76.7 Å². The zero-order chi connectivity index (χ0) is 30.7. The van der Waals surface area contributed by atoms with Crippen LogP contribution in [0.15, 0.2) is 48.5 Å². The summed E-state index contributed by atoms with van der Waals surface area (Å²) in [5.74, 6) is 1.84. The Bertz CT molecular complexity index is 934. The number of hydrogen-bond donors (Lipinski definition) is 0. The van der Waals surface area contributed by atoms with Crippen molar-refractivity contribution in [2.45, 2.75) is 78.1 Å². The quantitative estimate of drug-likeness (QED) is 0.0987. The lowest BCUT2D eigenvalue weighted by molar-refractivity contribution is 0.0867. The number of Topliss-reactive ketones (excluding diaryl/α,β-unsaturated/α-hetero) is 2. The van der Waals surface area contributed by atoms with Crippen LogP contribution in [-0.2, 0) is 0 Å². The fourth-order valence-corrected chi connectivity index (χ4v) is 5.26. The predicted octanol–water partition coefficient (Wildman–Crippen LogP) is 7.81. The predicted molar refractivity (Wildman–Crippen MR) is 174 cm³/mol. The van der Waals surface area contributed by atoms with E-state index in [-0.39, 0.29) is 23.4 Å². The summed E-state index contributed by atoms with van der Waals surface area (Å²) in [5.41, 5.74) is 1.47. The maximum absolute atomic E-state index is 13.4. The number of carbonyl (C=O) groups excluding carboxylic acids is 2. The number of nitrogens with zero attached hydrogens (tertiary/aromatic N) is 2. The average Bonchev–Trinajstić information content (AvgIpc) is 2.98. The Kier molecular flexibility index (Phi) is 17.1. The molecule has 0 heterocycles. The molecule has 0 aliphatic heterocycles. The third kappa shape index (κ3) is 13.5. The molecular formula is C36H56N2O4. The lowest BCUT2D eigenvalue weighted by atomic mass is 9.88. The third-order valence-electron chi connectivity index (χ3n) is 7.58. The molecule has 2 aromatic carbocycles. The van der Waals surface area contributed by atoms with Crippen LogP contribution in [0.1, 0.15) is 98.8 Å². The Morgan fingerprint density at radius 3 is 1.24 bits per heavy atom. The molecule has 0 fully saturated rings. The van der Waals surface area contributed by atoms with Crippen molar-refractivity contribution in [3.05, 3.63) is 59.7 Å². The average molecular weight is 581 g/mol. The number of unbranched alkanes of at least 4 members (excludes halogenated alkanes) is 5. The molecule has 0 spiro atoms. The molecule has 2 rings (SSSR count). The van der Waals surface area contributed by atoms with E-state index in [0.29, 0.717) is 26.3 Å². The van der Waals surface area contributed by atoms with Gasteiger partial charge in [0.15, 0.2) is 11.6 Å². The van der Waals surface area contributed by atoms with E-state index in [2.05, 4.69) is 23.6 Å². The van der Waals surface area contributed by atoms with E-state index in [1.165, 1.54) is 12.8 Å². The third-order valence-corrected chi connectivity index (χ3v) is 7.58. The van der Waals surface area contributed by atoms with Crippen molar-refractivity contribution in [3.63, 3.8) is 0 Å². The fourth-order valence-electron chi connectivity index (χ4n) is 5.26. The second-order valence-electron chi connectivity index (χ2n) is 12.1. The van der Waals surface area contributed by atoms with Crippen LogP contribution in [0.2, 0.25) is 0 Å². The van der Waals surface area contributed by atoms with Crippen LogP contribution in [0.25, 0.3) is 0 Å². The minimum Gasteiger partial charge on any atom is -0.494 e. The van der Waals surface area contributed by atoms with Crippen LogP contribution in [0.3, 0.4) is 0 Å². The maximum atomic E-state index is 13.4. The van der Waals surface area contributed by atoms with Gasteiger partial charge in [0.25, 0.3) is 0 Å². The number of carbonyl (C=O) groups is 2. The molecule has 0 aliphatic carbocycles. The Balaban J connectivity index is 1.93. The largest absolute Gasteiger partial charge is 0.494 e. The molecule has 0 aliphatic rings. The van der Waals surface area contributed by atoms with Gasteiger partial charge in [-0.3, -0.25) is 9.59 Å². The Labute approximate surface area is 255 Å². The minimum atomic E-state index is -0.0795. The number of benzene rings is 2. The molecule has 0 bridgehead atoms. The first-order valence-electron chi connectivity index (χ1n) is 16.1. The molecule has 0 saturated carbocycles. The van der Waals surface area contributed by atoms with E-state index in [1.54, 1.807) is 0 Å². The summed E-state index contributed by atoms with van der Waals surface area (Å²) in [4.78, 5) is 31.1. The van der Waals surface area contributed by atoms with Crippen LogP contribution in [-0.4, -0.2) is 75.9 Å². The summed E-state index contributed by atoms with van der Waals surface area (Å²) >= 11 is 0. The first-order valence-corrected chi connectivity index (χ1v) is 16.1. The molecule has 2 aromatic rings. The standard InChI is InChI=1S/C36H56N2O4/c1-7-9-13-25-41-33-21-17-29(18-22-33)35(39)31(27-37(3)4)15-11-12-16-32(28-38(5)6)36(40)30-19-23-34(24-20-30)42-26-14-10-8-2/h17-24,31-32H,7-16,25-28H2,1-6H3/t31-,32-/m0/s1. The molecule has 0 N–H and O–H groups in total. The zero-order valence-electron chi connectivity index (χ0n) is 27.2. The molecule has 6 heteroatoms. The fraction of sp³-hybridized carbons (Fsp3) is 0.611. The number of hydrogen-bond acceptors (Lipinski definition) is 6. The summed E-state index contributed by atoms with van der Waals surface area (Å²) in [6.07, 6.45) is 10.2. The Hall–Kier alpha value is -2.70. The molecule has 0 radical (unpaired) electrons. The smallest absolute Gasteiger partial charge is 0.167 e. The van der Waals surface area contributed by atoms with Crippen LogP contribution in [0.5, 0.6) is 11.5 Å². The topological polar surface area (TPSA) is 59.1 Å². The van der Waals surface area contributed by atoms with Gasteiger partial charge < -0.3 is 19.3 Å². The number of ketones is 2. The molecule has 2 atom stereocenters. The molecule has 0 saturated heterocycles. The first-order chi connectivity index (χ1) is 20.2. The monoisotopic (exact) mass is 580 g/mol. The van der Waals surface area contributed by atoms with Crippen LogP contribution < -0.4 is 9.47 Å². The van der Waals surface area contributed by atoms with Gasteiger partial charge in [-0.2, -0.15) is 0 Å². The van der Waals surface area contributed by atoms with E-state index in [0.717, 1.165) is 74.0 Å². The zero-order valence-corrected chi connectivity index (χ0v) is 27.2. The lowest BCUT2D eigenvalue weighted by Gasteiger charge is -2.22. The lowest BCUT2D eigenvalue weighted by Crippen LogP contribution is -2.29. The Morgan fingerprint density at radius 1 is 0.571 bits per heavy atom. The van der Waals surface area contributed by atoms with Crippen molar-refractivity contribution < 1.29 is 19.1 Å². The number of ether oxygens (including phenoxy) is 2. The summed E-state index contributed by atoms with van der Waals surface area (Å²) < 4.78 is 11.6. The van der Waals surface area contributed by atoms with E-state index >= 15 is 0 Å². The van der Waals surface area contributed by atoms with Gasteiger partial charge >= 0.3 is 0 Å². The van der Waals surface area contributed by atoms with Crippen molar-refractivity contribution in [1.82, 2.24) is 9.80 Å². The molecule has 234 valence electrons. The van der Waals surface area contributed by atoms with Crippen molar-refractivity contribution in [1.29, 1.82) is 0 Å². The van der Waals surface area contributed by atoms with Gasteiger partial charge in [-0.05, 0) is 102 Å². The highest BCUT2D eigenvalue weighted by atomic mass is 16.5. The summed E-state index contributed by atoms with van der Waals surface area (Å²) in [6.45, 7) is 7.19. The van der Waals surface area contributed by atoms with Crippen molar-refractivity contribution in [2.24, 2.45) is 11.8 Å². The van der Waals surface area contributed by atoms with Crippen molar-refractivity contribution in [3.8, 4) is 11.5 Å². The molecule has 6 nitrogen and oxygen atoms in total. The second-order valence-corrected chi connectivity index (χ2v) is 12.1. The maximum Gasteiger partial charge on any atom is 0.167 e. The molecule has 42 heavy (non-hydrogen) atoms. The summed E-state index contributed by atoms with van der Waals surface area (Å²) in [7, 11) is 8.06. The molecule has 0 amide bonds. The van der Waals surface area contributed by atoms with Crippen LogP contribution in [0.4, 0.5) is 0 Å². The normalized spacial score (nSPS) is 12.9.